The van der Waals surface area contributed by atoms with Crippen LogP contribution in [-0.4, -0.2) is 37.2 Å². The predicted octanol–water partition coefficient (Wildman–Crippen LogP) is 1.42. The van der Waals surface area contributed by atoms with Crippen molar-refractivity contribution in [3.05, 3.63) is 50.9 Å². The Morgan fingerprint density at radius 2 is 1.96 bits per heavy atom. The average Bonchev–Trinajstić information content (AvgIpc) is 2.97. The first-order valence-electron chi connectivity index (χ1n) is 8.17. The van der Waals surface area contributed by atoms with Crippen LogP contribution >= 0.6 is 11.6 Å². The minimum absolute atomic E-state index is 0.0404. The van der Waals surface area contributed by atoms with E-state index in [9.17, 15) is 18.4 Å². The molecule has 8 nitrogen and oxygen atoms in total. The summed E-state index contributed by atoms with van der Waals surface area (Å²) in [6.07, 6.45) is 0.722. The van der Waals surface area contributed by atoms with Crippen LogP contribution in [0.25, 0.3) is 11.0 Å². The highest BCUT2D eigenvalue weighted by molar-refractivity contribution is 6.33. The van der Waals surface area contributed by atoms with Gasteiger partial charge in [-0.3, -0.25) is 9.59 Å². The van der Waals surface area contributed by atoms with Gasteiger partial charge in [-0.2, -0.15) is 5.10 Å². The summed E-state index contributed by atoms with van der Waals surface area (Å²) in [5.74, 6) is -1.58. The summed E-state index contributed by atoms with van der Waals surface area (Å²) in [4.78, 5) is 24.0. The predicted molar refractivity (Wildman–Crippen MR) is 91.3 cm³/mol. The third kappa shape index (κ3) is 3.05. The minimum Gasteiger partial charge on any atom is -0.354 e. The number of benzene rings is 1. The molecule has 0 aliphatic carbocycles. The topological polar surface area (TPSA) is 94.7 Å². The molecule has 2 aromatic heterocycles. The molecule has 4 rings (SSSR count). The Labute approximate surface area is 155 Å². The number of aromatic nitrogens is 5. The smallest absolute Gasteiger partial charge is 0.298 e. The highest BCUT2D eigenvalue weighted by Gasteiger charge is 2.25. The van der Waals surface area contributed by atoms with E-state index >= 15 is 0 Å². The standard InChI is InChI=1S/C16H13ClF2N6O2/c17-15-13-14(22-24(15)7-9-10(18)2-1-3-11(9)19)16(27)25(23-21-13)8-4-5-12(26)20-6-8/h1-3,8H,4-7H2,(H,20,26)/t8-/m1/s1. The van der Waals surface area contributed by atoms with Crippen LogP contribution in [0.15, 0.2) is 23.0 Å². The van der Waals surface area contributed by atoms with Crippen molar-refractivity contribution < 1.29 is 13.6 Å². The van der Waals surface area contributed by atoms with Crippen molar-refractivity contribution in [2.24, 2.45) is 0 Å². The Morgan fingerprint density at radius 3 is 2.63 bits per heavy atom. The van der Waals surface area contributed by atoms with Crippen molar-refractivity contribution in [3.63, 3.8) is 0 Å². The summed E-state index contributed by atoms with van der Waals surface area (Å²) in [5, 5.41) is 14.5. The number of nitrogens with zero attached hydrogens (tertiary/aromatic N) is 5. The normalized spacial score (nSPS) is 17.3. The summed E-state index contributed by atoms with van der Waals surface area (Å²) < 4.78 is 30.0. The number of hydrogen-bond donors (Lipinski definition) is 1. The lowest BCUT2D eigenvalue weighted by atomic mass is 10.1. The van der Waals surface area contributed by atoms with E-state index in [2.05, 4.69) is 20.7 Å². The second-order valence-electron chi connectivity index (χ2n) is 6.18. The SMILES string of the molecule is O=C1CC[C@@H](n2nnc3c(Cl)n(Cc4c(F)cccc4F)nc3c2=O)CN1. The van der Waals surface area contributed by atoms with Gasteiger partial charge in [0.1, 0.15) is 11.6 Å². The number of halogens is 3. The minimum atomic E-state index is -0.743. The Balaban J connectivity index is 1.74. The lowest BCUT2D eigenvalue weighted by Crippen LogP contribution is -2.40. The number of amides is 1. The molecule has 3 heterocycles. The monoisotopic (exact) mass is 394 g/mol. The van der Waals surface area contributed by atoms with Crippen molar-refractivity contribution in [1.29, 1.82) is 0 Å². The van der Waals surface area contributed by atoms with Crippen molar-refractivity contribution in [3.8, 4) is 0 Å². The second-order valence-corrected chi connectivity index (χ2v) is 6.54. The Kier molecular flexibility index (Phi) is 4.34. The van der Waals surface area contributed by atoms with E-state index in [-0.39, 0.29) is 53.2 Å². The summed E-state index contributed by atoms with van der Waals surface area (Å²) in [5.41, 5.74) is -0.760. The number of nitrogens with one attached hydrogen (secondary N) is 1. The molecule has 1 fully saturated rings. The summed E-state index contributed by atoms with van der Waals surface area (Å²) in [6, 6.07) is 3.15. The van der Waals surface area contributed by atoms with Crippen LogP contribution in [0.3, 0.4) is 0 Å². The second kappa shape index (κ2) is 6.69. The molecule has 1 aliphatic heterocycles. The van der Waals surface area contributed by atoms with E-state index in [1.807, 2.05) is 0 Å². The Hall–Kier alpha value is -2.88. The summed E-state index contributed by atoms with van der Waals surface area (Å²) >= 11 is 6.19. The molecule has 11 heteroatoms. The zero-order valence-electron chi connectivity index (χ0n) is 13.8. The first kappa shape index (κ1) is 17.5. The van der Waals surface area contributed by atoms with Crippen molar-refractivity contribution in [1.82, 2.24) is 30.1 Å². The molecule has 0 radical (unpaired) electrons. The van der Waals surface area contributed by atoms with E-state index in [4.69, 9.17) is 11.6 Å². The number of hydrogen-bond acceptors (Lipinski definition) is 5. The number of piperidine rings is 1. The van der Waals surface area contributed by atoms with Gasteiger partial charge in [-0.15, -0.1) is 5.10 Å². The fourth-order valence-corrected chi connectivity index (χ4v) is 3.24. The molecule has 1 amide bonds. The van der Waals surface area contributed by atoms with Gasteiger partial charge in [0.2, 0.25) is 5.91 Å². The van der Waals surface area contributed by atoms with Gasteiger partial charge in [0.05, 0.1) is 12.6 Å². The van der Waals surface area contributed by atoms with Crippen LogP contribution in [-0.2, 0) is 11.3 Å². The van der Waals surface area contributed by atoms with Gasteiger partial charge < -0.3 is 5.32 Å². The molecule has 1 saturated heterocycles. The lowest BCUT2D eigenvalue weighted by molar-refractivity contribution is -0.122. The first-order chi connectivity index (χ1) is 13.0. The van der Waals surface area contributed by atoms with E-state index in [1.165, 1.54) is 6.07 Å². The molecule has 1 atom stereocenters. The summed E-state index contributed by atoms with van der Waals surface area (Å²) in [6.45, 7) is -0.0412. The van der Waals surface area contributed by atoms with E-state index < -0.39 is 17.2 Å². The molecule has 0 spiro atoms. The number of carbonyl (C=O) groups excluding carboxylic acids is 1. The quantitative estimate of drug-likeness (QED) is 0.725. The van der Waals surface area contributed by atoms with Crippen LogP contribution in [0.4, 0.5) is 8.78 Å². The van der Waals surface area contributed by atoms with Crippen molar-refractivity contribution in [2.45, 2.75) is 25.4 Å². The largest absolute Gasteiger partial charge is 0.354 e. The van der Waals surface area contributed by atoms with Gasteiger partial charge in [-0.25, -0.2) is 18.1 Å². The van der Waals surface area contributed by atoms with Crippen molar-refractivity contribution >= 4 is 28.5 Å². The highest BCUT2D eigenvalue weighted by atomic mass is 35.5. The fourth-order valence-electron chi connectivity index (χ4n) is 3.01. The molecule has 0 unspecified atom stereocenters. The zero-order chi connectivity index (χ0) is 19.1. The van der Waals surface area contributed by atoms with Gasteiger partial charge in [-0.1, -0.05) is 22.9 Å². The van der Waals surface area contributed by atoms with Crippen molar-refractivity contribution in [2.75, 3.05) is 6.54 Å². The molecule has 1 N–H and O–H groups in total. The average molecular weight is 395 g/mol. The first-order valence-corrected chi connectivity index (χ1v) is 8.54. The molecular formula is C16H13ClF2N6O2. The van der Waals surface area contributed by atoms with E-state index in [0.29, 0.717) is 6.42 Å². The molecule has 0 saturated carbocycles. The fraction of sp³-hybridized carbons (Fsp3) is 0.312. The molecule has 1 aromatic carbocycles. The molecule has 140 valence electrons. The van der Waals surface area contributed by atoms with Crippen LogP contribution in [0.5, 0.6) is 0 Å². The van der Waals surface area contributed by atoms with Gasteiger partial charge >= 0.3 is 0 Å². The third-order valence-corrected chi connectivity index (χ3v) is 4.85. The van der Waals surface area contributed by atoms with Gasteiger partial charge in [-0.05, 0) is 18.6 Å². The molecule has 3 aromatic rings. The summed E-state index contributed by atoms with van der Waals surface area (Å²) in [7, 11) is 0. The number of rotatable bonds is 3. The van der Waals surface area contributed by atoms with E-state index in [0.717, 1.165) is 21.5 Å². The third-order valence-electron chi connectivity index (χ3n) is 4.47. The zero-order valence-corrected chi connectivity index (χ0v) is 14.6. The molecule has 27 heavy (non-hydrogen) atoms. The highest BCUT2D eigenvalue weighted by Crippen LogP contribution is 2.22. The van der Waals surface area contributed by atoms with Crippen LogP contribution in [0.2, 0.25) is 5.15 Å². The Bertz CT molecular complexity index is 1080. The number of carbonyl (C=O) groups is 1. The van der Waals surface area contributed by atoms with Crippen LogP contribution in [0, 0.1) is 11.6 Å². The van der Waals surface area contributed by atoms with Crippen LogP contribution < -0.4 is 10.9 Å². The maximum absolute atomic E-state index is 13.9. The molecular weight excluding hydrogens is 382 g/mol. The van der Waals surface area contributed by atoms with Gasteiger partial charge in [0.25, 0.3) is 5.56 Å². The van der Waals surface area contributed by atoms with Gasteiger partial charge in [0, 0.05) is 18.5 Å². The Morgan fingerprint density at radius 1 is 1.22 bits per heavy atom. The maximum atomic E-state index is 13.9. The number of fused-ring (bicyclic) bond motifs is 1. The van der Waals surface area contributed by atoms with Gasteiger partial charge in [0.15, 0.2) is 16.2 Å². The lowest BCUT2D eigenvalue weighted by Gasteiger charge is -2.22. The maximum Gasteiger partial charge on any atom is 0.298 e. The van der Waals surface area contributed by atoms with E-state index in [1.54, 1.807) is 0 Å². The molecule has 1 aliphatic rings. The van der Waals surface area contributed by atoms with Crippen LogP contribution in [0.1, 0.15) is 24.4 Å². The molecule has 0 bridgehead atoms.